The van der Waals surface area contributed by atoms with Crippen LogP contribution in [0.15, 0.2) is 12.4 Å². The summed E-state index contributed by atoms with van der Waals surface area (Å²) in [4.78, 5) is 21.3. The molecule has 0 saturated carbocycles. The minimum atomic E-state index is -0.346. The van der Waals surface area contributed by atoms with E-state index in [1.807, 2.05) is 13.8 Å². The summed E-state index contributed by atoms with van der Waals surface area (Å²) in [5.41, 5.74) is 0. The number of hydrogen-bond donors (Lipinski definition) is 1. The first kappa shape index (κ1) is 14.2. The number of ether oxygens (including phenoxy) is 1. The number of nitrogens with zero attached hydrogens (tertiary/aromatic N) is 3. The Labute approximate surface area is 107 Å². The lowest BCUT2D eigenvalue weighted by Gasteiger charge is -2.18. The van der Waals surface area contributed by atoms with Crippen LogP contribution in [0, 0.1) is 0 Å². The van der Waals surface area contributed by atoms with E-state index < -0.39 is 0 Å². The van der Waals surface area contributed by atoms with Gasteiger partial charge in [0.05, 0.1) is 6.10 Å². The van der Waals surface area contributed by atoms with Crippen molar-refractivity contribution in [2.24, 2.45) is 0 Å². The van der Waals surface area contributed by atoms with Gasteiger partial charge in [-0.1, -0.05) is 0 Å². The van der Waals surface area contributed by atoms with Gasteiger partial charge in [-0.15, -0.1) is 0 Å². The lowest BCUT2D eigenvalue weighted by atomic mass is 10.3. The van der Waals surface area contributed by atoms with Gasteiger partial charge in [0, 0.05) is 20.2 Å². The smallest absolute Gasteiger partial charge is 0.244 e. The summed E-state index contributed by atoms with van der Waals surface area (Å²) in [5, 5.41) is 3.01. The van der Waals surface area contributed by atoms with Gasteiger partial charge in [-0.3, -0.25) is 4.79 Å². The van der Waals surface area contributed by atoms with Crippen molar-refractivity contribution in [3.8, 4) is 5.88 Å². The summed E-state index contributed by atoms with van der Waals surface area (Å²) in [7, 11) is 3.43. The van der Waals surface area contributed by atoms with Crippen LogP contribution in [0.3, 0.4) is 0 Å². The number of carbonyl (C=O) groups excluding carboxylic acids is 1. The van der Waals surface area contributed by atoms with Crippen LogP contribution in [0.4, 0.5) is 5.82 Å². The first-order chi connectivity index (χ1) is 8.40. The van der Waals surface area contributed by atoms with Crippen molar-refractivity contribution in [1.82, 2.24) is 14.9 Å². The van der Waals surface area contributed by atoms with Crippen molar-refractivity contribution in [1.29, 1.82) is 0 Å². The minimum Gasteiger partial charge on any atom is -0.475 e. The molecule has 1 atom stereocenters. The Morgan fingerprint density at radius 3 is 2.56 bits per heavy atom. The molecule has 0 aliphatic heterocycles. The van der Waals surface area contributed by atoms with Crippen LogP contribution >= 0.6 is 0 Å². The van der Waals surface area contributed by atoms with Crippen LogP contribution < -0.4 is 10.1 Å². The molecule has 0 aromatic carbocycles. The van der Waals surface area contributed by atoms with Gasteiger partial charge in [0.15, 0.2) is 0 Å². The molecule has 0 aliphatic rings. The first-order valence-corrected chi connectivity index (χ1v) is 5.86. The average molecular weight is 252 g/mol. The lowest BCUT2D eigenvalue weighted by Crippen LogP contribution is -2.36. The molecule has 1 aromatic heterocycles. The third-order valence-electron chi connectivity index (χ3n) is 2.17. The molecular formula is C12H20N4O2. The predicted molar refractivity (Wildman–Crippen MR) is 69.6 cm³/mol. The zero-order valence-corrected chi connectivity index (χ0v) is 11.5. The highest BCUT2D eigenvalue weighted by Gasteiger charge is 2.15. The van der Waals surface area contributed by atoms with E-state index in [2.05, 4.69) is 15.3 Å². The van der Waals surface area contributed by atoms with Crippen molar-refractivity contribution in [2.75, 3.05) is 19.4 Å². The van der Waals surface area contributed by atoms with Crippen LogP contribution in [0.25, 0.3) is 0 Å². The van der Waals surface area contributed by atoms with Gasteiger partial charge in [-0.05, 0) is 20.8 Å². The molecule has 1 unspecified atom stereocenters. The summed E-state index contributed by atoms with van der Waals surface area (Å²) in [6, 6.07) is 1.33. The summed E-state index contributed by atoms with van der Waals surface area (Å²) in [6.45, 7) is 5.63. The summed E-state index contributed by atoms with van der Waals surface area (Å²) >= 11 is 0. The Kier molecular flexibility index (Phi) is 4.88. The summed E-state index contributed by atoms with van der Waals surface area (Å²) < 4.78 is 5.46. The molecule has 0 aliphatic carbocycles. The van der Waals surface area contributed by atoms with Gasteiger partial charge >= 0.3 is 0 Å². The van der Waals surface area contributed by atoms with Crippen LogP contribution in [0.2, 0.25) is 0 Å². The van der Waals surface area contributed by atoms with Crippen molar-refractivity contribution in [3.05, 3.63) is 12.4 Å². The molecule has 0 fully saturated rings. The lowest BCUT2D eigenvalue weighted by molar-refractivity contribution is -0.129. The summed E-state index contributed by atoms with van der Waals surface area (Å²) in [5.74, 6) is 1.05. The van der Waals surface area contributed by atoms with E-state index in [0.717, 1.165) is 0 Å². The minimum absolute atomic E-state index is 0.0139. The highest BCUT2D eigenvalue weighted by Crippen LogP contribution is 2.13. The quantitative estimate of drug-likeness (QED) is 0.851. The Morgan fingerprint density at radius 1 is 1.33 bits per heavy atom. The van der Waals surface area contributed by atoms with Crippen molar-refractivity contribution in [2.45, 2.75) is 32.9 Å². The normalized spacial score (nSPS) is 12.1. The summed E-state index contributed by atoms with van der Waals surface area (Å²) in [6.07, 6.45) is 1.46. The maximum atomic E-state index is 11.7. The number of likely N-dealkylation sites (N-methyl/N-ethyl adjacent to an activating group) is 1. The first-order valence-electron chi connectivity index (χ1n) is 5.86. The highest BCUT2D eigenvalue weighted by molar-refractivity contribution is 5.83. The fourth-order valence-electron chi connectivity index (χ4n) is 1.40. The van der Waals surface area contributed by atoms with Gasteiger partial charge in [-0.2, -0.15) is 0 Å². The number of hydrogen-bond acceptors (Lipinski definition) is 5. The number of anilines is 1. The maximum Gasteiger partial charge on any atom is 0.244 e. The third kappa shape index (κ3) is 4.20. The monoisotopic (exact) mass is 252 g/mol. The molecular weight excluding hydrogens is 232 g/mol. The second kappa shape index (κ2) is 6.18. The predicted octanol–water partition coefficient (Wildman–Crippen LogP) is 1.15. The number of nitrogens with one attached hydrogen (secondary N) is 1. The van der Waals surface area contributed by atoms with Crippen molar-refractivity contribution >= 4 is 11.7 Å². The zero-order chi connectivity index (χ0) is 13.7. The van der Waals surface area contributed by atoms with Crippen LogP contribution in [0.1, 0.15) is 20.8 Å². The highest BCUT2D eigenvalue weighted by atomic mass is 16.5. The molecule has 0 bridgehead atoms. The van der Waals surface area contributed by atoms with E-state index in [0.29, 0.717) is 11.7 Å². The van der Waals surface area contributed by atoms with Gasteiger partial charge in [-0.25, -0.2) is 9.97 Å². The molecule has 1 amide bonds. The van der Waals surface area contributed by atoms with Crippen molar-refractivity contribution < 1.29 is 9.53 Å². The molecule has 100 valence electrons. The maximum absolute atomic E-state index is 11.7. The number of amides is 1. The number of rotatable bonds is 5. The van der Waals surface area contributed by atoms with Crippen LogP contribution in [-0.2, 0) is 4.79 Å². The van der Waals surface area contributed by atoms with Gasteiger partial charge in [0.25, 0.3) is 0 Å². The van der Waals surface area contributed by atoms with E-state index >= 15 is 0 Å². The largest absolute Gasteiger partial charge is 0.475 e. The van der Waals surface area contributed by atoms with Gasteiger partial charge in [0.1, 0.15) is 18.2 Å². The van der Waals surface area contributed by atoms with Crippen LogP contribution in [0.5, 0.6) is 5.88 Å². The molecule has 1 rings (SSSR count). The molecule has 1 heterocycles. The Hall–Kier alpha value is -1.85. The molecule has 0 radical (unpaired) electrons. The van der Waals surface area contributed by atoms with E-state index in [4.69, 9.17) is 4.74 Å². The fourth-order valence-corrected chi connectivity index (χ4v) is 1.40. The number of aromatic nitrogens is 2. The molecule has 18 heavy (non-hydrogen) atoms. The second-order valence-corrected chi connectivity index (χ2v) is 4.51. The van der Waals surface area contributed by atoms with Gasteiger partial charge in [0.2, 0.25) is 11.8 Å². The molecule has 0 saturated heterocycles. The number of carbonyl (C=O) groups is 1. The molecule has 6 nitrogen and oxygen atoms in total. The Balaban J connectivity index is 2.70. The van der Waals surface area contributed by atoms with Crippen molar-refractivity contribution in [3.63, 3.8) is 0 Å². The molecule has 0 spiro atoms. The molecule has 6 heteroatoms. The average Bonchev–Trinajstić information content (AvgIpc) is 2.27. The Morgan fingerprint density at radius 2 is 2.00 bits per heavy atom. The van der Waals surface area contributed by atoms with E-state index in [1.54, 1.807) is 27.1 Å². The fraction of sp³-hybridized carbons (Fsp3) is 0.583. The van der Waals surface area contributed by atoms with E-state index in [-0.39, 0.29) is 18.1 Å². The second-order valence-electron chi connectivity index (χ2n) is 4.51. The zero-order valence-electron chi connectivity index (χ0n) is 11.5. The Bertz CT molecular complexity index is 407. The standard InChI is InChI=1S/C12H20N4O2/c1-8(2)18-11-6-10(13-7-14-11)15-9(3)12(17)16(4)5/h6-9H,1-5H3,(H,13,14,15). The van der Waals surface area contributed by atoms with Gasteiger partial charge < -0.3 is 15.0 Å². The molecule has 1 aromatic rings. The topological polar surface area (TPSA) is 67.3 Å². The van der Waals surface area contributed by atoms with E-state index in [9.17, 15) is 4.79 Å². The SMILES string of the molecule is CC(C)Oc1cc(NC(C)C(=O)N(C)C)ncn1. The van der Waals surface area contributed by atoms with E-state index in [1.165, 1.54) is 11.2 Å². The third-order valence-corrected chi connectivity index (χ3v) is 2.17. The molecule has 1 N–H and O–H groups in total. The van der Waals surface area contributed by atoms with Crippen LogP contribution in [-0.4, -0.2) is 47.0 Å².